The van der Waals surface area contributed by atoms with Gasteiger partial charge in [0.05, 0.1) is 10.6 Å². The van der Waals surface area contributed by atoms with E-state index in [0.717, 1.165) is 18.7 Å². The largest absolute Gasteiger partial charge is 0.396 e. The van der Waals surface area contributed by atoms with Crippen LogP contribution in [0.1, 0.15) is 31.2 Å². The summed E-state index contributed by atoms with van der Waals surface area (Å²) in [5.41, 5.74) is 1.43. The molecule has 0 amide bonds. The molecule has 102 valence electrons. The molecule has 2 rings (SSSR count). The number of hydrogen-bond acceptors (Lipinski definition) is 3. The first-order chi connectivity index (χ1) is 9.24. The second-order valence-corrected chi connectivity index (χ2v) is 5.58. The second kappa shape index (κ2) is 6.79. The highest BCUT2D eigenvalue weighted by atomic mass is 35.5. The van der Waals surface area contributed by atoms with Crippen LogP contribution < -0.4 is 5.32 Å². The average molecular weight is 279 g/mol. The number of benzene rings is 1. The number of aliphatic hydroxyl groups is 1. The Labute approximate surface area is 119 Å². The van der Waals surface area contributed by atoms with Crippen LogP contribution in [0.3, 0.4) is 0 Å². The standard InChI is InChI=1S/C15H19ClN2O/c16-15-7-14(6-5-11(15)8-17)18-9-12-3-1-2-4-13(12)10-19/h5-7,12-13,18-19H,1-4,9-10H2. The van der Waals surface area contributed by atoms with Crippen LogP contribution in [0, 0.1) is 23.2 Å². The molecule has 1 fully saturated rings. The van der Waals surface area contributed by atoms with E-state index in [9.17, 15) is 5.11 Å². The van der Waals surface area contributed by atoms with Crippen LogP contribution in [0.25, 0.3) is 0 Å². The Morgan fingerprint density at radius 2 is 2.05 bits per heavy atom. The highest BCUT2D eigenvalue weighted by Gasteiger charge is 2.24. The molecule has 0 saturated heterocycles. The Morgan fingerprint density at radius 3 is 2.68 bits per heavy atom. The molecular formula is C15H19ClN2O. The first-order valence-corrected chi connectivity index (χ1v) is 7.16. The summed E-state index contributed by atoms with van der Waals surface area (Å²) in [5.74, 6) is 0.934. The van der Waals surface area contributed by atoms with E-state index in [4.69, 9.17) is 16.9 Å². The van der Waals surface area contributed by atoms with Crippen molar-refractivity contribution in [3.8, 4) is 6.07 Å². The summed E-state index contributed by atoms with van der Waals surface area (Å²) >= 11 is 6.00. The summed E-state index contributed by atoms with van der Waals surface area (Å²) in [4.78, 5) is 0. The summed E-state index contributed by atoms with van der Waals surface area (Å²) in [7, 11) is 0. The van der Waals surface area contributed by atoms with Crippen molar-refractivity contribution in [1.29, 1.82) is 5.26 Å². The highest BCUT2D eigenvalue weighted by Crippen LogP contribution is 2.30. The van der Waals surface area contributed by atoms with Crippen molar-refractivity contribution < 1.29 is 5.11 Å². The Morgan fingerprint density at radius 1 is 1.32 bits per heavy atom. The molecule has 19 heavy (non-hydrogen) atoms. The van der Waals surface area contributed by atoms with Crippen molar-refractivity contribution >= 4 is 17.3 Å². The molecule has 0 spiro atoms. The predicted octanol–water partition coefficient (Wildman–Crippen LogP) is 3.42. The average Bonchev–Trinajstić information content (AvgIpc) is 2.45. The van der Waals surface area contributed by atoms with Gasteiger partial charge < -0.3 is 10.4 Å². The summed E-state index contributed by atoms with van der Waals surface area (Å²) in [6.07, 6.45) is 4.76. The van der Waals surface area contributed by atoms with Crippen molar-refractivity contribution in [3.05, 3.63) is 28.8 Å². The minimum Gasteiger partial charge on any atom is -0.396 e. The molecule has 2 unspecified atom stereocenters. The fourth-order valence-electron chi connectivity index (χ4n) is 2.76. The van der Waals surface area contributed by atoms with Crippen molar-refractivity contribution in [2.75, 3.05) is 18.5 Å². The molecule has 0 aliphatic heterocycles. The van der Waals surface area contributed by atoms with Crippen LogP contribution in [0.15, 0.2) is 18.2 Å². The van der Waals surface area contributed by atoms with Gasteiger partial charge in [-0.3, -0.25) is 0 Å². The van der Waals surface area contributed by atoms with Gasteiger partial charge in [-0.1, -0.05) is 24.4 Å². The number of nitrogens with one attached hydrogen (secondary N) is 1. The molecule has 1 aliphatic carbocycles. The molecule has 0 bridgehead atoms. The first kappa shape index (κ1) is 14.2. The lowest BCUT2D eigenvalue weighted by molar-refractivity contribution is 0.141. The Hall–Kier alpha value is -1.24. The fraction of sp³-hybridized carbons (Fsp3) is 0.533. The third kappa shape index (κ3) is 3.62. The molecule has 4 heteroatoms. The first-order valence-electron chi connectivity index (χ1n) is 6.79. The van der Waals surface area contributed by atoms with Gasteiger partial charge >= 0.3 is 0 Å². The molecule has 1 aromatic rings. The summed E-state index contributed by atoms with van der Waals surface area (Å²) in [5, 5.41) is 22.1. The highest BCUT2D eigenvalue weighted by molar-refractivity contribution is 6.32. The third-order valence-electron chi connectivity index (χ3n) is 3.96. The van der Waals surface area contributed by atoms with Gasteiger partial charge in [0.25, 0.3) is 0 Å². The number of aliphatic hydroxyl groups excluding tert-OH is 1. The summed E-state index contributed by atoms with van der Waals surface area (Å²) in [6, 6.07) is 7.45. The number of hydrogen-bond donors (Lipinski definition) is 2. The van der Waals surface area contributed by atoms with Gasteiger partial charge in [-0.25, -0.2) is 0 Å². The molecule has 0 radical (unpaired) electrons. The maximum absolute atomic E-state index is 9.39. The number of anilines is 1. The van der Waals surface area contributed by atoms with Crippen LogP contribution >= 0.6 is 11.6 Å². The predicted molar refractivity (Wildman–Crippen MR) is 77.2 cm³/mol. The van der Waals surface area contributed by atoms with E-state index in [1.165, 1.54) is 19.3 Å². The lowest BCUT2D eigenvalue weighted by Gasteiger charge is -2.30. The van der Waals surface area contributed by atoms with E-state index in [-0.39, 0.29) is 6.61 Å². The van der Waals surface area contributed by atoms with Crippen LogP contribution in [0.4, 0.5) is 5.69 Å². The molecule has 1 aromatic carbocycles. The number of rotatable bonds is 4. The van der Waals surface area contributed by atoms with Crippen molar-refractivity contribution in [3.63, 3.8) is 0 Å². The normalized spacial score (nSPS) is 22.8. The van der Waals surface area contributed by atoms with E-state index >= 15 is 0 Å². The Kier molecular flexibility index (Phi) is 5.07. The van der Waals surface area contributed by atoms with E-state index in [0.29, 0.717) is 22.4 Å². The van der Waals surface area contributed by atoms with Gasteiger partial charge in [0, 0.05) is 18.8 Å². The van der Waals surface area contributed by atoms with Gasteiger partial charge in [-0.05, 0) is 42.9 Å². The second-order valence-electron chi connectivity index (χ2n) is 5.17. The zero-order chi connectivity index (χ0) is 13.7. The number of halogens is 1. The molecule has 3 nitrogen and oxygen atoms in total. The molecule has 1 saturated carbocycles. The zero-order valence-electron chi connectivity index (χ0n) is 10.9. The SMILES string of the molecule is N#Cc1ccc(NCC2CCCCC2CO)cc1Cl. The van der Waals surface area contributed by atoms with E-state index in [1.54, 1.807) is 12.1 Å². The number of nitrogens with zero attached hydrogens (tertiary/aromatic N) is 1. The monoisotopic (exact) mass is 278 g/mol. The van der Waals surface area contributed by atoms with Crippen molar-refractivity contribution in [1.82, 2.24) is 0 Å². The molecule has 0 aromatic heterocycles. The topological polar surface area (TPSA) is 56.0 Å². The third-order valence-corrected chi connectivity index (χ3v) is 4.27. The summed E-state index contributed by atoms with van der Waals surface area (Å²) < 4.78 is 0. The smallest absolute Gasteiger partial charge is 0.101 e. The minimum absolute atomic E-state index is 0.278. The maximum Gasteiger partial charge on any atom is 0.101 e. The van der Waals surface area contributed by atoms with Crippen LogP contribution in [-0.2, 0) is 0 Å². The molecule has 1 aliphatic rings. The zero-order valence-corrected chi connectivity index (χ0v) is 11.7. The minimum atomic E-state index is 0.278. The molecule has 0 heterocycles. The van der Waals surface area contributed by atoms with Gasteiger partial charge in [-0.15, -0.1) is 0 Å². The number of nitriles is 1. The molecular weight excluding hydrogens is 260 g/mol. The van der Waals surface area contributed by atoms with Gasteiger partial charge in [0.1, 0.15) is 6.07 Å². The maximum atomic E-state index is 9.39. The van der Waals surface area contributed by atoms with Gasteiger partial charge in [0.15, 0.2) is 0 Å². The van der Waals surface area contributed by atoms with Crippen molar-refractivity contribution in [2.45, 2.75) is 25.7 Å². The van der Waals surface area contributed by atoms with Gasteiger partial charge in [0.2, 0.25) is 0 Å². The molecule has 2 atom stereocenters. The van der Waals surface area contributed by atoms with Crippen molar-refractivity contribution in [2.24, 2.45) is 11.8 Å². The van der Waals surface area contributed by atoms with E-state index < -0.39 is 0 Å². The Balaban J connectivity index is 1.94. The van der Waals surface area contributed by atoms with Crippen LogP contribution in [0.2, 0.25) is 5.02 Å². The van der Waals surface area contributed by atoms with Gasteiger partial charge in [-0.2, -0.15) is 5.26 Å². The summed E-state index contributed by atoms with van der Waals surface area (Å²) in [6.45, 7) is 1.13. The van der Waals surface area contributed by atoms with Crippen LogP contribution in [0.5, 0.6) is 0 Å². The fourth-order valence-corrected chi connectivity index (χ4v) is 2.98. The Bertz CT molecular complexity index is 470. The quantitative estimate of drug-likeness (QED) is 0.887. The van der Waals surface area contributed by atoms with E-state index in [1.807, 2.05) is 6.07 Å². The van der Waals surface area contributed by atoms with E-state index in [2.05, 4.69) is 11.4 Å². The molecule has 2 N–H and O–H groups in total. The lowest BCUT2D eigenvalue weighted by atomic mass is 9.79. The lowest BCUT2D eigenvalue weighted by Crippen LogP contribution is -2.28. The van der Waals surface area contributed by atoms with Crippen LogP contribution in [-0.4, -0.2) is 18.3 Å².